The number of thiocarbonyl (C=S) groups is 1. The first-order chi connectivity index (χ1) is 10.9. The Morgan fingerprint density at radius 1 is 1.09 bits per heavy atom. The summed E-state index contributed by atoms with van der Waals surface area (Å²) < 4.78 is 1.03. The molecule has 0 radical (unpaired) electrons. The summed E-state index contributed by atoms with van der Waals surface area (Å²) in [5, 5.41) is 14.6. The molecule has 2 rings (SSSR count). The maximum atomic E-state index is 12.1. The Morgan fingerprint density at radius 3 is 2.30 bits per heavy atom. The predicted molar refractivity (Wildman–Crippen MR) is 101 cm³/mol. The van der Waals surface area contributed by atoms with Crippen molar-refractivity contribution < 1.29 is 14.7 Å². The molecule has 0 unspecified atom stereocenters. The fourth-order valence-electron chi connectivity index (χ4n) is 1.82. The van der Waals surface area contributed by atoms with Gasteiger partial charge in [-0.3, -0.25) is 10.1 Å². The van der Waals surface area contributed by atoms with Crippen LogP contribution in [0.1, 0.15) is 26.3 Å². The zero-order chi connectivity index (χ0) is 17.0. The number of carboxylic acids is 1. The van der Waals surface area contributed by atoms with Gasteiger partial charge in [0.1, 0.15) is 0 Å². The van der Waals surface area contributed by atoms with Crippen molar-refractivity contribution in [2.75, 3.05) is 5.32 Å². The average Bonchev–Trinajstić information content (AvgIpc) is 2.49. The molecule has 0 bridgehead atoms. The lowest BCUT2D eigenvalue weighted by Gasteiger charge is -2.12. The van der Waals surface area contributed by atoms with Gasteiger partial charge in [-0.1, -0.05) is 6.07 Å². The van der Waals surface area contributed by atoms with Gasteiger partial charge in [-0.25, -0.2) is 4.79 Å². The SMILES string of the molecule is Cc1ccc(C(=O)O)cc1NC(=S)NC(=O)c1ccc(I)cc1. The number of anilines is 1. The first kappa shape index (κ1) is 17.4. The lowest BCUT2D eigenvalue weighted by molar-refractivity contribution is 0.0696. The van der Waals surface area contributed by atoms with Crippen LogP contribution in [0.25, 0.3) is 0 Å². The third kappa shape index (κ3) is 4.73. The van der Waals surface area contributed by atoms with Gasteiger partial charge in [0.05, 0.1) is 5.56 Å². The van der Waals surface area contributed by atoms with Crippen LogP contribution >= 0.6 is 34.8 Å². The van der Waals surface area contributed by atoms with Gasteiger partial charge in [-0.15, -0.1) is 0 Å². The Bertz CT molecular complexity index is 775. The third-order valence-corrected chi connectivity index (χ3v) is 3.99. The van der Waals surface area contributed by atoms with Gasteiger partial charge in [0.2, 0.25) is 0 Å². The van der Waals surface area contributed by atoms with Crippen molar-refractivity contribution in [3.63, 3.8) is 0 Å². The molecular formula is C16H13IN2O3S. The first-order valence-corrected chi connectivity index (χ1v) is 8.07. The highest BCUT2D eigenvalue weighted by molar-refractivity contribution is 14.1. The molecule has 7 heteroatoms. The molecule has 0 aliphatic heterocycles. The van der Waals surface area contributed by atoms with Crippen LogP contribution in [0.2, 0.25) is 0 Å². The van der Waals surface area contributed by atoms with Crippen molar-refractivity contribution in [1.82, 2.24) is 5.32 Å². The molecule has 5 nitrogen and oxygen atoms in total. The molecule has 0 aliphatic carbocycles. The standard InChI is InChI=1S/C16H13IN2O3S/c1-9-2-3-11(15(21)22)8-13(9)18-16(23)19-14(20)10-4-6-12(17)7-5-10/h2-8H,1H3,(H,21,22)(H2,18,19,20,23). The lowest BCUT2D eigenvalue weighted by Crippen LogP contribution is -2.34. The van der Waals surface area contributed by atoms with E-state index in [0.717, 1.165) is 9.13 Å². The molecule has 3 N–H and O–H groups in total. The van der Waals surface area contributed by atoms with E-state index in [9.17, 15) is 9.59 Å². The van der Waals surface area contributed by atoms with Crippen molar-refractivity contribution >= 4 is 57.5 Å². The number of carbonyl (C=O) groups excluding carboxylic acids is 1. The van der Waals surface area contributed by atoms with E-state index in [0.29, 0.717) is 11.3 Å². The van der Waals surface area contributed by atoms with Crippen LogP contribution in [0.15, 0.2) is 42.5 Å². The fourth-order valence-corrected chi connectivity index (χ4v) is 2.38. The van der Waals surface area contributed by atoms with E-state index in [1.807, 2.05) is 19.1 Å². The first-order valence-electron chi connectivity index (χ1n) is 6.58. The minimum absolute atomic E-state index is 0.110. The van der Waals surface area contributed by atoms with Gasteiger partial charge in [-0.05, 0) is 83.7 Å². The van der Waals surface area contributed by atoms with E-state index < -0.39 is 5.97 Å². The number of nitrogens with one attached hydrogen (secondary N) is 2. The summed E-state index contributed by atoms with van der Waals surface area (Å²) in [4.78, 5) is 23.1. The second-order valence-electron chi connectivity index (χ2n) is 4.75. The molecule has 0 aliphatic rings. The van der Waals surface area contributed by atoms with Crippen LogP contribution in [-0.4, -0.2) is 22.1 Å². The van der Waals surface area contributed by atoms with Crippen molar-refractivity contribution in [2.24, 2.45) is 0 Å². The predicted octanol–water partition coefficient (Wildman–Crippen LogP) is 3.42. The number of aromatic carboxylic acids is 1. The normalized spacial score (nSPS) is 10.0. The van der Waals surface area contributed by atoms with Gasteiger partial charge < -0.3 is 10.4 Å². The van der Waals surface area contributed by atoms with E-state index in [1.165, 1.54) is 12.1 Å². The number of carbonyl (C=O) groups is 2. The minimum atomic E-state index is -1.03. The Labute approximate surface area is 152 Å². The number of halogens is 1. The number of hydrogen-bond donors (Lipinski definition) is 3. The second-order valence-corrected chi connectivity index (χ2v) is 6.40. The van der Waals surface area contributed by atoms with Crippen LogP contribution in [0, 0.1) is 10.5 Å². The molecule has 2 aromatic rings. The molecule has 1 amide bonds. The van der Waals surface area contributed by atoms with E-state index in [2.05, 4.69) is 33.2 Å². The summed E-state index contributed by atoms with van der Waals surface area (Å²) in [5.41, 5.74) is 1.99. The van der Waals surface area contributed by atoms with E-state index in [4.69, 9.17) is 17.3 Å². The van der Waals surface area contributed by atoms with Crippen molar-refractivity contribution in [2.45, 2.75) is 6.92 Å². The molecule has 0 fully saturated rings. The number of rotatable bonds is 3. The topological polar surface area (TPSA) is 78.4 Å². The summed E-state index contributed by atoms with van der Waals surface area (Å²) >= 11 is 7.27. The molecular weight excluding hydrogens is 427 g/mol. The Morgan fingerprint density at radius 2 is 1.70 bits per heavy atom. The van der Waals surface area contributed by atoms with E-state index in [-0.39, 0.29) is 16.6 Å². The maximum absolute atomic E-state index is 12.1. The molecule has 23 heavy (non-hydrogen) atoms. The fraction of sp³-hybridized carbons (Fsp3) is 0.0625. The molecule has 0 spiro atoms. The summed E-state index contributed by atoms with van der Waals surface area (Å²) in [6.07, 6.45) is 0. The number of benzene rings is 2. The zero-order valence-electron chi connectivity index (χ0n) is 12.1. The van der Waals surface area contributed by atoms with E-state index in [1.54, 1.807) is 18.2 Å². The summed E-state index contributed by atoms with van der Waals surface area (Å²) in [6.45, 7) is 1.82. The largest absolute Gasteiger partial charge is 0.478 e. The van der Waals surface area contributed by atoms with Crippen LogP contribution in [0.5, 0.6) is 0 Å². The molecule has 0 saturated heterocycles. The highest BCUT2D eigenvalue weighted by Crippen LogP contribution is 2.17. The second kappa shape index (κ2) is 7.51. The van der Waals surface area contributed by atoms with Crippen molar-refractivity contribution in [1.29, 1.82) is 0 Å². The number of carboxylic acid groups (broad SMARTS) is 1. The average molecular weight is 440 g/mol. The number of aryl methyl sites for hydroxylation is 1. The van der Waals surface area contributed by atoms with Crippen molar-refractivity contribution in [3.8, 4) is 0 Å². The van der Waals surface area contributed by atoms with Gasteiger partial charge in [0.25, 0.3) is 5.91 Å². The molecule has 0 saturated carbocycles. The highest BCUT2D eigenvalue weighted by atomic mass is 127. The van der Waals surface area contributed by atoms with Crippen LogP contribution in [-0.2, 0) is 0 Å². The highest BCUT2D eigenvalue weighted by Gasteiger charge is 2.10. The van der Waals surface area contributed by atoms with Gasteiger partial charge in [0, 0.05) is 14.8 Å². The van der Waals surface area contributed by atoms with Crippen molar-refractivity contribution in [3.05, 3.63) is 62.7 Å². The lowest BCUT2D eigenvalue weighted by atomic mass is 10.1. The quantitative estimate of drug-likeness (QED) is 0.504. The summed E-state index contributed by atoms with van der Waals surface area (Å²) in [5.74, 6) is -1.35. The summed E-state index contributed by atoms with van der Waals surface area (Å²) in [7, 11) is 0. The molecule has 0 heterocycles. The Balaban J connectivity index is 2.07. The monoisotopic (exact) mass is 440 g/mol. The van der Waals surface area contributed by atoms with Gasteiger partial charge in [-0.2, -0.15) is 0 Å². The molecule has 118 valence electrons. The van der Waals surface area contributed by atoms with Crippen LogP contribution in [0.4, 0.5) is 5.69 Å². The Hall–Kier alpha value is -2.00. The zero-order valence-corrected chi connectivity index (χ0v) is 15.1. The van der Waals surface area contributed by atoms with Crippen LogP contribution < -0.4 is 10.6 Å². The minimum Gasteiger partial charge on any atom is -0.478 e. The molecule has 0 aromatic heterocycles. The molecule has 0 atom stereocenters. The maximum Gasteiger partial charge on any atom is 0.335 e. The van der Waals surface area contributed by atoms with E-state index >= 15 is 0 Å². The molecule has 2 aromatic carbocycles. The summed E-state index contributed by atoms with van der Waals surface area (Å²) in [6, 6.07) is 11.7. The number of hydrogen-bond acceptors (Lipinski definition) is 3. The van der Waals surface area contributed by atoms with Crippen LogP contribution in [0.3, 0.4) is 0 Å². The smallest absolute Gasteiger partial charge is 0.335 e. The Kier molecular flexibility index (Phi) is 5.67. The van der Waals surface area contributed by atoms with Gasteiger partial charge >= 0.3 is 5.97 Å². The number of amides is 1. The third-order valence-electron chi connectivity index (χ3n) is 3.07. The van der Waals surface area contributed by atoms with Gasteiger partial charge in [0.15, 0.2) is 5.11 Å².